The first-order valence-corrected chi connectivity index (χ1v) is 5.55. The number of amides is 1. The molecule has 2 rings (SSSR count). The fourth-order valence-electron chi connectivity index (χ4n) is 2.00. The van der Waals surface area contributed by atoms with Crippen LogP contribution in [-0.4, -0.2) is 40.2 Å². The normalized spacial score (nSPS) is 18.7. The van der Waals surface area contributed by atoms with E-state index in [1.165, 1.54) is 17.0 Å². The van der Waals surface area contributed by atoms with Crippen molar-refractivity contribution in [2.24, 2.45) is 0 Å². The molecule has 7 nitrogen and oxygen atoms in total. The molecule has 1 aliphatic rings. The molecule has 0 spiro atoms. The van der Waals surface area contributed by atoms with Crippen LogP contribution in [-0.2, 0) is 0 Å². The summed E-state index contributed by atoms with van der Waals surface area (Å²) in [5, 5.41) is 22.6. The van der Waals surface area contributed by atoms with E-state index in [9.17, 15) is 14.9 Å². The zero-order valence-electron chi connectivity index (χ0n) is 9.57. The summed E-state index contributed by atoms with van der Waals surface area (Å²) >= 11 is 0. The molecule has 18 heavy (non-hydrogen) atoms. The van der Waals surface area contributed by atoms with Crippen molar-refractivity contribution in [2.45, 2.75) is 12.5 Å². The van der Waals surface area contributed by atoms with Crippen molar-refractivity contribution in [3.63, 3.8) is 0 Å². The van der Waals surface area contributed by atoms with E-state index in [1.807, 2.05) is 0 Å². The van der Waals surface area contributed by atoms with E-state index in [2.05, 4.69) is 5.32 Å². The van der Waals surface area contributed by atoms with Crippen molar-refractivity contribution in [3.8, 4) is 0 Å². The maximum atomic E-state index is 10.8. The molecule has 0 unspecified atom stereocenters. The molecule has 1 saturated heterocycles. The summed E-state index contributed by atoms with van der Waals surface area (Å²) in [6.45, 7) is 0.889. The molecule has 7 heteroatoms. The quantitative estimate of drug-likeness (QED) is 0.630. The molecule has 0 bridgehead atoms. The van der Waals surface area contributed by atoms with Crippen LogP contribution in [0.4, 0.5) is 16.2 Å². The first-order chi connectivity index (χ1) is 8.56. The Hall–Kier alpha value is -2.31. The number of hydrogen-bond acceptors (Lipinski definition) is 4. The van der Waals surface area contributed by atoms with Gasteiger partial charge in [0.05, 0.1) is 4.92 Å². The molecular weight excluding hydrogens is 238 g/mol. The maximum Gasteiger partial charge on any atom is 0.407 e. The number of carboxylic acid groups (broad SMARTS) is 1. The highest BCUT2D eigenvalue weighted by Gasteiger charge is 2.25. The van der Waals surface area contributed by atoms with Gasteiger partial charge in [0, 0.05) is 37.0 Å². The number of nitro benzene ring substituents is 1. The van der Waals surface area contributed by atoms with Gasteiger partial charge in [-0.25, -0.2) is 4.79 Å². The van der Waals surface area contributed by atoms with Crippen LogP contribution < -0.4 is 5.32 Å². The summed E-state index contributed by atoms with van der Waals surface area (Å²) in [6, 6.07) is 6.20. The molecule has 0 aliphatic carbocycles. The number of carbonyl (C=O) groups is 1. The molecule has 0 radical (unpaired) electrons. The summed E-state index contributed by atoms with van der Waals surface area (Å²) < 4.78 is 0. The Morgan fingerprint density at radius 1 is 1.56 bits per heavy atom. The Labute approximate surface area is 103 Å². The first kappa shape index (κ1) is 12.2. The molecule has 1 aliphatic heterocycles. The molecule has 96 valence electrons. The smallest absolute Gasteiger partial charge is 0.407 e. The van der Waals surface area contributed by atoms with Gasteiger partial charge in [-0.1, -0.05) is 6.07 Å². The molecule has 0 saturated carbocycles. The minimum Gasteiger partial charge on any atom is -0.465 e. The second kappa shape index (κ2) is 4.91. The third-order valence-corrected chi connectivity index (χ3v) is 2.89. The number of hydrogen-bond donors (Lipinski definition) is 2. The molecule has 1 fully saturated rings. The van der Waals surface area contributed by atoms with Crippen molar-refractivity contribution in [3.05, 3.63) is 34.4 Å². The second-order valence-electron chi connectivity index (χ2n) is 4.17. The molecule has 1 amide bonds. The molecule has 1 heterocycles. The van der Waals surface area contributed by atoms with E-state index in [0.717, 1.165) is 0 Å². The zero-order valence-corrected chi connectivity index (χ0v) is 9.57. The Balaban J connectivity index is 2.00. The van der Waals surface area contributed by atoms with Crippen molar-refractivity contribution in [1.29, 1.82) is 0 Å². The average Bonchev–Trinajstić information content (AvgIpc) is 2.78. The third kappa shape index (κ3) is 2.68. The highest BCUT2D eigenvalue weighted by Crippen LogP contribution is 2.20. The summed E-state index contributed by atoms with van der Waals surface area (Å²) in [4.78, 5) is 22.2. The second-order valence-corrected chi connectivity index (χ2v) is 4.17. The van der Waals surface area contributed by atoms with E-state index in [1.54, 1.807) is 12.1 Å². The van der Waals surface area contributed by atoms with Crippen molar-refractivity contribution >= 4 is 17.5 Å². The SMILES string of the molecule is O=C(O)N1CC[C@@H](Nc2cccc([N+](=O)[O-])c2)C1. The predicted octanol–water partition coefficient (Wildman–Crippen LogP) is 1.76. The van der Waals surface area contributed by atoms with Gasteiger partial charge in [-0.3, -0.25) is 10.1 Å². The number of anilines is 1. The van der Waals surface area contributed by atoms with Crippen LogP contribution in [0.15, 0.2) is 24.3 Å². The fraction of sp³-hybridized carbons (Fsp3) is 0.364. The van der Waals surface area contributed by atoms with Crippen LogP contribution in [0.1, 0.15) is 6.42 Å². The van der Waals surface area contributed by atoms with Gasteiger partial charge in [-0.15, -0.1) is 0 Å². The van der Waals surface area contributed by atoms with Crippen LogP contribution in [0.5, 0.6) is 0 Å². The number of nitro groups is 1. The molecule has 1 aromatic carbocycles. The molecule has 1 aromatic rings. The van der Waals surface area contributed by atoms with Crippen LogP contribution in [0, 0.1) is 10.1 Å². The van der Waals surface area contributed by atoms with Gasteiger partial charge in [0.2, 0.25) is 0 Å². The topological polar surface area (TPSA) is 95.7 Å². The van der Waals surface area contributed by atoms with Gasteiger partial charge < -0.3 is 15.3 Å². The van der Waals surface area contributed by atoms with E-state index in [0.29, 0.717) is 25.2 Å². The zero-order chi connectivity index (χ0) is 13.1. The Morgan fingerprint density at radius 3 is 2.94 bits per heavy atom. The minimum atomic E-state index is -0.932. The lowest BCUT2D eigenvalue weighted by Gasteiger charge is -2.14. The standard InChI is InChI=1S/C11H13N3O4/c15-11(16)13-5-4-9(7-13)12-8-2-1-3-10(6-8)14(17)18/h1-3,6,9,12H,4-5,7H2,(H,15,16)/t9-/m1/s1. The van der Waals surface area contributed by atoms with E-state index < -0.39 is 11.0 Å². The number of nitrogens with zero attached hydrogens (tertiary/aromatic N) is 2. The van der Waals surface area contributed by atoms with Gasteiger partial charge in [0.1, 0.15) is 0 Å². The Bertz CT molecular complexity index is 477. The number of non-ortho nitro benzene ring substituents is 1. The lowest BCUT2D eigenvalue weighted by Crippen LogP contribution is -2.30. The van der Waals surface area contributed by atoms with Gasteiger partial charge >= 0.3 is 6.09 Å². The largest absolute Gasteiger partial charge is 0.465 e. The molecule has 2 N–H and O–H groups in total. The monoisotopic (exact) mass is 251 g/mol. The highest BCUT2D eigenvalue weighted by molar-refractivity contribution is 5.65. The van der Waals surface area contributed by atoms with Crippen LogP contribution in [0.3, 0.4) is 0 Å². The number of nitrogens with one attached hydrogen (secondary N) is 1. The Morgan fingerprint density at radius 2 is 2.33 bits per heavy atom. The van der Waals surface area contributed by atoms with Gasteiger partial charge in [0.25, 0.3) is 5.69 Å². The molecular formula is C11H13N3O4. The lowest BCUT2D eigenvalue weighted by molar-refractivity contribution is -0.384. The summed E-state index contributed by atoms with van der Waals surface area (Å²) in [6.07, 6.45) is -0.229. The van der Waals surface area contributed by atoms with E-state index in [4.69, 9.17) is 5.11 Å². The first-order valence-electron chi connectivity index (χ1n) is 5.55. The Kier molecular flexibility index (Phi) is 3.31. The van der Waals surface area contributed by atoms with Crippen molar-refractivity contribution in [2.75, 3.05) is 18.4 Å². The molecule has 1 atom stereocenters. The minimum absolute atomic E-state index is 0.00287. The summed E-state index contributed by atoms with van der Waals surface area (Å²) in [5.74, 6) is 0. The lowest BCUT2D eigenvalue weighted by atomic mass is 10.2. The van der Waals surface area contributed by atoms with Crippen molar-refractivity contribution in [1.82, 2.24) is 4.90 Å². The van der Waals surface area contributed by atoms with Crippen LogP contribution in [0.2, 0.25) is 0 Å². The van der Waals surface area contributed by atoms with E-state index >= 15 is 0 Å². The third-order valence-electron chi connectivity index (χ3n) is 2.89. The van der Waals surface area contributed by atoms with Gasteiger partial charge in [-0.05, 0) is 12.5 Å². The highest BCUT2D eigenvalue weighted by atomic mass is 16.6. The van der Waals surface area contributed by atoms with Gasteiger partial charge in [0.15, 0.2) is 0 Å². The molecule has 0 aromatic heterocycles. The van der Waals surface area contributed by atoms with Crippen molar-refractivity contribution < 1.29 is 14.8 Å². The van der Waals surface area contributed by atoms with Crippen LogP contribution in [0.25, 0.3) is 0 Å². The van der Waals surface area contributed by atoms with Crippen LogP contribution >= 0.6 is 0 Å². The summed E-state index contributed by atoms with van der Waals surface area (Å²) in [7, 11) is 0. The summed E-state index contributed by atoms with van der Waals surface area (Å²) in [5.41, 5.74) is 0.662. The number of benzene rings is 1. The maximum absolute atomic E-state index is 10.8. The fourth-order valence-corrected chi connectivity index (χ4v) is 2.00. The van der Waals surface area contributed by atoms with Gasteiger partial charge in [-0.2, -0.15) is 0 Å². The number of rotatable bonds is 3. The average molecular weight is 251 g/mol. The van der Waals surface area contributed by atoms with E-state index in [-0.39, 0.29) is 11.7 Å². The number of likely N-dealkylation sites (tertiary alicyclic amines) is 1. The predicted molar refractivity (Wildman–Crippen MR) is 64.7 cm³/mol.